The number of rotatable bonds is 39. The Morgan fingerprint density at radius 3 is 1.94 bits per heavy atom. The van der Waals surface area contributed by atoms with Crippen LogP contribution in [0.25, 0.3) is 0 Å². The fraction of sp³-hybridized carbons (Fsp3) is 0.740. The molecular formula is C50H86NO11P. The van der Waals surface area contributed by atoms with Crippen LogP contribution in [0.3, 0.4) is 0 Å². The van der Waals surface area contributed by atoms with Crippen molar-refractivity contribution in [1.29, 1.82) is 0 Å². The second-order valence-electron chi connectivity index (χ2n) is 17.9. The van der Waals surface area contributed by atoms with Gasteiger partial charge in [-0.2, -0.15) is 0 Å². The number of aliphatic hydroxyl groups excluding tert-OH is 2. The number of carbonyl (C=O) groups is 3. The van der Waals surface area contributed by atoms with Crippen LogP contribution in [0.2, 0.25) is 0 Å². The maximum absolute atomic E-state index is 12.8. The number of ketones is 1. The second kappa shape index (κ2) is 36.5. The van der Waals surface area contributed by atoms with Gasteiger partial charge in [0.2, 0.25) is 0 Å². The van der Waals surface area contributed by atoms with Crippen molar-refractivity contribution in [3.63, 3.8) is 0 Å². The number of Topliss-reactive ketones (excluding diaryl/α,β-unsaturated/α-hetero) is 1. The van der Waals surface area contributed by atoms with E-state index in [1.807, 2.05) is 21.1 Å². The lowest BCUT2D eigenvalue weighted by Crippen LogP contribution is -2.37. The summed E-state index contributed by atoms with van der Waals surface area (Å²) in [5.74, 6) is -1.61. The number of ether oxygens (including phenoxy) is 2. The highest BCUT2D eigenvalue weighted by Gasteiger charge is 2.39. The van der Waals surface area contributed by atoms with Crippen molar-refractivity contribution < 1.29 is 57.1 Å². The average Bonchev–Trinajstić information content (AvgIpc) is 3.50. The van der Waals surface area contributed by atoms with Gasteiger partial charge in [0, 0.05) is 25.2 Å². The monoisotopic (exact) mass is 908 g/mol. The second-order valence-corrected chi connectivity index (χ2v) is 19.3. The molecule has 6 atom stereocenters. The van der Waals surface area contributed by atoms with Crippen molar-refractivity contribution in [2.75, 3.05) is 47.5 Å². The highest BCUT2D eigenvalue weighted by atomic mass is 31.2. The van der Waals surface area contributed by atoms with Crippen molar-refractivity contribution in [2.24, 2.45) is 11.8 Å². The Bertz CT molecular complexity index is 1420. The molecule has 0 heterocycles. The van der Waals surface area contributed by atoms with E-state index in [-0.39, 0.29) is 44.2 Å². The number of nitrogens with zero attached hydrogens (tertiary/aromatic N) is 1. The van der Waals surface area contributed by atoms with Crippen LogP contribution in [0.4, 0.5) is 0 Å². The molecule has 0 aromatic heterocycles. The quantitative estimate of drug-likeness (QED) is 0.0198. The SMILES string of the molecule is CCCCC/C=C\C/C=C\C/C=C\C/C=C\CCCCCC(=O)O[C@H](COC(=O)CCCCCC[C@H]1[C@@H](O)CC(=O)[C@@H]1/C=C/[C@@H](O)CCCCC)COP(=O)([O-])OCC[N+](C)(C)C. The molecule has 0 saturated heterocycles. The highest BCUT2D eigenvalue weighted by Crippen LogP contribution is 2.38. The van der Waals surface area contributed by atoms with Gasteiger partial charge in [-0.15, -0.1) is 0 Å². The minimum Gasteiger partial charge on any atom is -0.756 e. The van der Waals surface area contributed by atoms with E-state index in [2.05, 4.69) is 62.5 Å². The molecule has 362 valence electrons. The minimum absolute atomic E-state index is 0.00102. The summed E-state index contributed by atoms with van der Waals surface area (Å²) >= 11 is 0. The van der Waals surface area contributed by atoms with Crippen LogP contribution >= 0.6 is 7.82 Å². The molecule has 0 aliphatic heterocycles. The summed E-state index contributed by atoms with van der Waals surface area (Å²) < 4.78 is 33.9. The molecular weight excluding hydrogens is 822 g/mol. The Morgan fingerprint density at radius 1 is 0.762 bits per heavy atom. The molecule has 1 aliphatic rings. The molecule has 1 fully saturated rings. The van der Waals surface area contributed by atoms with E-state index in [1.165, 1.54) is 25.7 Å². The summed E-state index contributed by atoms with van der Waals surface area (Å²) in [6, 6.07) is 0. The number of quaternary nitrogens is 1. The lowest BCUT2D eigenvalue weighted by molar-refractivity contribution is -0.870. The molecule has 2 N–H and O–H groups in total. The van der Waals surface area contributed by atoms with Crippen molar-refractivity contribution in [2.45, 2.75) is 180 Å². The van der Waals surface area contributed by atoms with E-state index in [0.717, 1.165) is 77.0 Å². The highest BCUT2D eigenvalue weighted by molar-refractivity contribution is 7.45. The number of carbonyl (C=O) groups excluding carboxylic acids is 3. The van der Waals surface area contributed by atoms with E-state index >= 15 is 0 Å². The van der Waals surface area contributed by atoms with Crippen molar-refractivity contribution in [1.82, 2.24) is 0 Å². The number of hydrogen-bond acceptors (Lipinski definition) is 11. The molecule has 0 aromatic rings. The van der Waals surface area contributed by atoms with E-state index in [0.29, 0.717) is 36.7 Å². The fourth-order valence-corrected chi connectivity index (χ4v) is 7.80. The Balaban J connectivity index is 2.46. The Kier molecular flexibility index (Phi) is 33.8. The van der Waals surface area contributed by atoms with Gasteiger partial charge in [-0.25, -0.2) is 0 Å². The largest absolute Gasteiger partial charge is 0.756 e. The number of aliphatic hydroxyl groups is 2. The molecule has 12 nitrogen and oxygen atoms in total. The third-order valence-corrected chi connectivity index (χ3v) is 11.9. The van der Waals surface area contributed by atoms with Gasteiger partial charge in [-0.1, -0.05) is 132 Å². The molecule has 1 unspecified atom stereocenters. The van der Waals surface area contributed by atoms with Crippen LogP contribution in [0, 0.1) is 11.8 Å². The zero-order valence-electron chi connectivity index (χ0n) is 39.7. The number of allylic oxidation sites excluding steroid dienone is 9. The number of likely N-dealkylation sites (N-methyl/N-ethyl adjacent to an activating group) is 1. The number of phosphoric acid groups is 1. The lowest BCUT2D eigenvalue weighted by Gasteiger charge is -2.28. The van der Waals surface area contributed by atoms with Crippen LogP contribution in [0.15, 0.2) is 60.8 Å². The molecule has 0 aromatic carbocycles. The smallest absolute Gasteiger partial charge is 0.306 e. The summed E-state index contributed by atoms with van der Waals surface area (Å²) in [6.45, 7) is 3.78. The third-order valence-electron chi connectivity index (χ3n) is 10.9. The number of phosphoric ester groups is 1. The fourth-order valence-electron chi connectivity index (χ4n) is 7.07. The number of unbranched alkanes of at least 4 members (excludes halogenated alkanes) is 11. The Hall–Kier alpha value is -2.70. The van der Waals surface area contributed by atoms with Crippen LogP contribution in [0.5, 0.6) is 0 Å². The molecule has 0 radical (unpaired) electrons. The molecule has 1 aliphatic carbocycles. The summed E-state index contributed by atoms with van der Waals surface area (Å²) in [5.41, 5.74) is 0. The van der Waals surface area contributed by atoms with Gasteiger partial charge in [0.1, 0.15) is 25.5 Å². The van der Waals surface area contributed by atoms with Crippen LogP contribution < -0.4 is 4.89 Å². The van der Waals surface area contributed by atoms with Gasteiger partial charge in [0.05, 0.1) is 40.0 Å². The predicted molar refractivity (Wildman–Crippen MR) is 250 cm³/mol. The van der Waals surface area contributed by atoms with Gasteiger partial charge in [-0.05, 0) is 76.5 Å². The van der Waals surface area contributed by atoms with E-state index in [1.54, 1.807) is 12.2 Å². The van der Waals surface area contributed by atoms with E-state index < -0.39 is 50.6 Å². The molecule has 13 heteroatoms. The van der Waals surface area contributed by atoms with Gasteiger partial charge < -0.3 is 38.1 Å². The zero-order chi connectivity index (χ0) is 46.6. The van der Waals surface area contributed by atoms with Crippen LogP contribution in [-0.4, -0.2) is 98.2 Å². The van der Waals surface area contributed by atoms with Crippen molar-refractivity contribution >= 4 is 25.5 Å². The number of hydrogen-bond donors (Lipinski definition) is 2. The van der Waals surface area contributed by atoms with Crippen molar-refractivity contribution in [3.05, 3.63) is 60.8 Å². The van der Waals surface area contributed by atoms with Crippen molar-refractivity contribution in [3.8, 4) is 0 Å². The normalized spacial score (nSPS) is 19.3. The maximum Gasteiger partial charge on any atom is 0.306 e. The van der Waals surface area contributed by atoms with Crippen LogP contribution in [-0.2, 0) is 37.5 Å². The van der Waals surface area contributed by atoms with Gasteiger partial charge in [0.25, 0.3) is 7.82 Å². The predicted octanol–water partition coefficient (Wildman–Crippen LogP) is 9.98. The molecule has 63 heavy (non-hydrogen) atoms. The minimum atomic E-state index is -4.70. The molecule has 1 saturated carbocycles. The van der Waals surface area contributed by atoms with Gasteiger partial charge in [-0.3, -0.25) is 18.9 Å². The van der Waals surface area contributed by atoms with E-state index in [4.69, 9.17) is 18.5 Å². The summed E-state index contributed by atoms with van der Waals surface area (Å²) in [5, 5.41) is 20.8. The van der Waals surface area contributed by atoms with Gasteiger partial charge in [0.15, 0.2) is 6.10 Å². The summed E-state index contributed by atoms with van der Waals surface area (Å²) in [4.78, 5) is 50.4. The Labute approximate surface area is 381 Å². The average molecular weight is 908 g/mol. The van der Waals surface area contributed by atoms with Crippen LogP contribution in [0.1, 0.15) is 162 Å². The molecule has 0 amide bonds. The molecule has 0 bridgehead atoms. The molecule has 0 spiro atoms. The summed E-state index contributed by atoms with van der Waals surface area (Å²) in [6.07, 6.45) is 37.2. The standard InChI is InChI=1S/C50H86NO11P/c1-6-8-10-11-12-13-14-15-16-17-18-19-20-21-22-23-24-25-31-35-50(56)62-44(42-61-63(57,58)60-39-38-51(3,4)5)41-59-49(55)34-30-27-26-29-33-45-46(48(54)40-47(45)53)37-36-43(52)32-28-9-7-2/h12-13,15-16,18-19,21-22,36-37,43-47,52-53H,6-11,14,17,20,23-35,38-42H2,1-5H3/b13-12-,16-15-,19-18-,22-21-,37-36+/t43-,44+,45+,46+,47-/m0/s1. The molecule has 1 rings (SSSR count). The van der Waals surface area contributed by atoms with E-state index in [9.17, 15) is 34.1 Å². The topological polar surface area (TPSA) is 169 Å². The summed E-state index contributed by atoms with van der Waals surface area (Å²) in [7, 11) is 1.00. The zero-order valence-corrected chi connectivity index (χ0v) is 40.6. The van der Waals surface area contributed by atoms with Gasteiger partial charge >= 0.3 is 11.9 Å². The first-order chi connectivity index (χ1) is 30.2. The number of esters is 2. The maximum atomic E-state index is 12.8. The first-order valence-electron chi connectivity index (χ1n) is 24.1. The third kappa shape index (κ3) is 33.4. The first kappa shape index (κ1) is 58.3. The Morgan fingerprint density at radius 2 is 1.32 bits per heavy atom. The lowest BCUT2D eigenvalue weighted by atomic mass is 9.88. The first-order valence-corrected chi connectivity index (χ1v) is 25.6.